The quantitative estimate of drug-likeness (QED) is 0.418. The third-order valence-electron chi connectivity index (χ3n) is 2.72. The van der Waals surface area contributed by atoms with Crippen LogP contribution in [0.4, 0.5) is 0 Å². The van der Waals surface area contributed by atoms with Crippen molar-refractivity contribution in [3.63, 3.8) is 0 Å². The normalized spacial score (nSPS) is 13.4. The van der Waals surface area contributed by atoms with E-state index in [9.17, 15) is 9.36 Å². The van der Waals surface area contributed by atoms with E-state index in [-0.39, 0.29) is 0 Å². The first-order valence-corrected chi connectivity index (χ1v) is 8.05. The molecule has 1 aromatic carbocycles. The minimum absolute atomic E-state index is 0.412. The highest BCUT2D eigenvalue weighted by Gasteiger charge is 2.23. The Bertz CT molecular complexity index is 475. The average Bonchev–Trinajstić information content (AvgIpc) is 2.44. The van der Waals surface area contributed by atoms with E-state index in [0.717, 1.165) is 5.75 Å². The molecule has 0 aliphatic rings. The van der Waals surface area contributed by atoms with E-state index in [4.69, 9.17) is 9.26 Å². The van der Waals surface area contributed by atoms with Crippen LogP contribution in [0.25, 0.3) is 0 Å². The molecular formula is C14H19O4P. The van der Waals surface area contributed by atoms with Gasteiger partial charge in [-0.15, -0.1) is 0 Å². The summed E-state index contributed by atoms with van der Waals surface area (Å²) in [5.74, 6) is 2.46. The molecule has 0 aliphatic heterocycles. The van der Waals surface area contributed by atoms with Gasteiger partial charge in [0.2, 0.25) is 7.37 Å². The number of unbranched alkanes of at least 4 members (excludes halogenated alkanes) is 1. The zero-order valence-corrected chi connectivity index (χ0v) is 12.2. The Morgan fingerprint density at radius 3 is 2.53 bits per heavy atom. The molecule has 0 spiro atoms. The Balaban J connectivity index is 2.76. The second-order valence-corrected chi connectivity index (χ2v) is 6.65. The third kappa shape index (κ3) is 4.68. The van der Waals surface area contributed by atoms with Crippen molar-refractivity contribution in [3.05, 3.63) is 30.3 Å². The summed E-state index contributed by atoms with van der Waals surface area (Å²) < 4.78 is 23.2. The average molecular weight is 282 g/mol. The number of hydrogen-bond donors (Lipinski definition) is 0. The first kappa shape index (κ1) is 15.7. The van der Waals surface area contributed by atoms with Crippen LogP contribution in [0.15, 0.2) is 30.3 Å². The lowest BCUT2D eigenvalue weighted by atomic mass is 10.3. The summed E-state index contributed by atoms with van der Waals surface area (Å²) >= 11 is 0. The van der Waals surface area contributed by atoms with Gasteiger partial charge in [0.1, 0.15) is 11.7 Å². The number of ether oxygens (including phenoxy) is 1. The molecule has 0 radical (unpaired) electrons. The Kier molecular flexibility index (Phi) is 6.58. The predicted molar refractivity (Wildman–Crippen MR) is 76.2 cm³/mol. The summed E-state index contributed by atoms with van der Waals surface area (Å²) in [6, 6.07) is 7.11. The number of benzene rings is 1. The molecule has 1 atom stereocenters. The Hall–Kier alpha value is -1.34. The summed E-state index contributed by atoms with van der Waals surface area (Å²) in [6.45, 7) is 2.51. The molecule has 0 amide bonds. The smallest absolute Gasteiger partial charge is 0.231 e. The fourth-order valence-corrected chi connectivity index (χ4v) is 3.58. The molecule has 0 aromatic heterocycles. The topological polar surface area (TPSA) is 52.6 Å². The number of allylic oxidation sites excluding steroid dienone is 1. The van der Waals surface area contributed by atoms with Crippen LogP contribution in [0.2, 0.25) is 0 Å². The van der Waals surface area contributed by atoms with Crippen molar-refractivity contribution in [2.24, 2.45) is 0 Å². The zero-order chi connectivity index (χ0) is 14.1. The molecule has 0 fully saturated rings. The third-order valence-corrected chi connectivity index (χ3v) is 5.30. The van der Waals surface area contributed by atoms with Gasteiger partial charge in [-0.3, -0.25) is 4.57 Å². The van der Waals surface area contributed by atoms with Crippen molar-refractivity contribution in [2.75, 3.05) is 19.9 Å². The largest absolute Gasteiger partial charge is 0.494 e. The molecule has 0 heterocycles. The molecule has 5 heteroatoms. The van der Waals surface area contributed by atoms with Gasteiger partial charge in [0.25, 0.3) is 0 Å². The second kappa shape index (κ2) is 7.96. The van der Waals surface area contributed by atoms with Crippen LogP contribution in [0.3, 0.4) is 0 Å². The second-order valence-electron chi connectivity index (χ2n) is 3.97. The predicted octanol–water partition coefficient (Wildman–Crippen LogP) is 2.80. The van der Waals surface area contributed by atoms with Crippen molar-refractivity contribution < 1.29 is 18.6 Å². The first-order chi connectivity index (χ1) is 9.16. The maximum Gasteiger partial charge on any atom is 0.231 e. The summed E-state index contributed by atoms with van der Waals surface area (Å²) in [5.41, 5.74) is 0. The molecule has 19 heavy (non-hydrogen) atoms. The molecule has 0 saturated heterocycles. The Morgan fingerprint density at radius 2 is 2.00 bits per heavy atom. The molecular weight excluding hydrogens is 263 g/mol. The van der Waals surface area contributed by atoms with E-state index in [1.807, 2.05) is 6.92 Å². The van der Waals surface area contributed by atoms with E-state index in [1.165, 1.54) is 13.2 Å². The standard InChI is InChI=1S/C14H19O4P/c1-3-18-13-7-9-14(10-8-13)19(16,17-2)12-6-4-5-11-15/h5,7-10H,3-4,6,12H2,1-2H3. The monoisotopic (exact) mass is 282 g/mol. The molecule has 0 aliphatic carbocycles. The van der Waals surface area contributed by atoms with Crippen LogP contribution >= 0.6 is 7.37 Å². The van der Waals surface area contributed by atoms with Gasteiger partial charge in [-0.25, -0.2) is 4.79 Å². The van der Waals surface area contributed by atoms with Gasteiger partial charge in [-0.05, 0) is 50.1 Å². The van der Waals surface area contributed by atoms with Crippen molar-refractivity contribution in [1.29, 1.82) is 0 Å². The van der Waals surface area contributed by atoms with Gasteiger partial charge < -0.3 is 9.26 Å². The fraction of sp³-hybridized carbons (Fsp3) is 0.429. The van der Waals surface area contributed by atoms with Gasteiger partial charge in [0.05, 0.1) is 6.61 Å². The van der Waals surface area contributed by atoms with Gasteiger partial charge in [0.15, 0.2) is 0 Å². The van der Waals surface area contributed by atoms with E-state index in [0.29, 0.717) is 30.9 Å². The Morgan fingerprint density at radius 1 is 1.32 bits per heavy atom. The highest BCUT2D eigenvalue weighted by molar-refractivity contribution is 7.66. The SMILES string of the molecule is CCOc1ccc(P(=O)(CCCC=C=O)OC)cc1. The van der Waals surface area contributed by atoms with Gasteiger partial charge in [-0.2, -0.15) is 0 Å². The van der Waals surface area contributed by atoms with Crippen molar-refractivity contribution in [1.82, 2.24) is 0 Å². The molecule has 1 aromatic rings. The van der Waals surface area contributed by atoms with Crippen molar-refractivity contribution >= 4 is 18.6 Å². The molecule has 1 unspecified atom stereocenters. The lowest BCUT2D eigenvalue weighted by Gasteiger charge is -2.16. The highest BCUT2D eigenvalue weighted by Crippen LogP contribution is 2.45. The number of rotatable bonds is 8. The summed E-state index contributed by atoms with van der Waals surface area (Å²) in [4.78, 5) is 10.1. The maximum absolute atomic E-state index is 12.6. The molecule has 4 nitrogen and oxygen atoms in total. The van der Waals surface area contributed by atoms with Crippen molar-refractivity contribution in [2.45, 2.75) is 19.8 Å². The van der Waals surface area contributed by atoms with E-state index < -0.39 is 7.37 Å². The van der Waals surface area contributed by atoms with Crippen LogP contribution < -0.4 is 10.0 Å². The van der Waals surface area contributed by atoms with E-state index in [1.54, 1.807) is 30.2 Å². The van der Waals surface area contributed by atoms with Crippen LogP contribution in [0.5, 0.6) is 5.75 Å². The lowest BCUT2D eigenvalue weighted by molar-refractivity contribution is 0.340. The maximum atomic E-state index is 12.6. The van der Waals surface area contributed by atoms with E-state index >= 15 is 0 Å². The van der Waals surface area contributed by atoms with Gasteiger partial charge in [0, 0.05) is 18.6 Å². The molecule has 0 saturated carbocycles. The summed E-state index contributed by atoms with van der Waals surface area (Å²) in [7, 11) is -1.39. The Labute approximate surface area is 113 Å². The van der Waals surface area contributed by atoms with Crippen molar-refractivity contribution in [3.8, 4) is 5.75 Å². The number of carbonyl (C=O) groups excluding carboxylic acids is 1. The molecule has 104 valence electrons. The highest BCUT2D eigenvalue weighted by atomic mass is 31.2. The van der Waals surface area contributed by atoms with Crippen LogP contribution in [0.1, 0.15) is 19.8 Å². The van der Waals surface area contributed by atoms with Crippen LogP contribution in [0, 0.1) is 0 Å². The van der Waals surface area contributed by atoms with Gasteiger partial charge >= 0.3 is 0 Å². The summed E-state index contributed by atoms with van der Waals surface area (Å²) in [6.07, 6.45) is 3.01. The molecule has 0 N–H and O–H groups in total. The minimum Gasteiger partial charge on any atom is -0.494 e. The lowest BCUT2D eigenvalue weighted by Crippen LogP contribution is -2.09. The van der Waals surface area contributed by atoms with Gasteiger partial charge in [-0.1, -0.05) is 0 Å². The van der Waals surface area contributed by atoms with Crippen LogP contribution in [-0.2, 0) is 13.9 Å². The molecule has 0 bridgehead atoms. The van der Waals surface area contributed by atoms with E-state index in [2.05, 4.69) is 0 Å². The fourth-order valence-electron chi connectivity index (χ4n) is 1.72. The first-order valence-electron chi connectivity index (χ1n) is 6.24. The van der Waals surface area contributed by atoms with Crippen LogP contribution in [-0.4, -0.2) is 25.8 Å². The minimum atomic E-state index is -2.84. The number of hydrogen-bond acceptors (Lipinski definition) is 4. The zero-order valence-electron chi connectivity index (χ0n) is 11.3. The molecule has 1 rings (SSSR count). The summed E-state index contributed by atoms with van der Waals surface area (Å²) in [5, 5.41) is 0.675.